The number of aliphatic imine (C=N–C) groups is 1. The molecule has 3 N–H and O–H groups in total. The second-order valence-corrected chi connectivity index (χ2v) is 5.94. The number of rotatable bonds is 4. The third-order valence-corrected chi connectivity index (χ3v) is 4.51. The molecule has 0 heterocycles. The van der Waals surface area contributed by atoms with Crippen LogP contribution in [0.25, 0.3) is 0 Å². The van der Waals surface area contributed by atoms with Crippen molar-refractivity contribution in [3.8, 4) is 0 Å². The van der Waals surface area contributed by atoms with E-state index in [4.69, 9.17) is 5.73 Å². The minimum Gasteiger partial charge on any atom is -0.370 e. The standard InChI is InChI=1S/C16H23N3/c17-16(18-11-12-5-4-6-12)19-15-9-14(10-15)13-7-2-1-3-8-13/h1-3,7-8,12,14-15H,4-6,9-11H2,(H3,17,18,19). The molecule has 3 nitrogen and oxygen atoms in total. The lowest BCUT2D eigenvalue weighted by Gasteiger charge is -2.36. The summed E-state index contributed by atoms with van der Waals surface area (Å²) in [6.07, 6.45) is 6.37. The van der Waals surface area contributed by atoms with Crippen LogP contribution in [0, 0.1) is 5.92 Å². The average molecular weight is 257 g/mol. The fourth-order valence-electron chi connectivity index (χ4n) is 2.89. The molecule has 19 heavy (non-hydrogen) atoms. The van der Waals surface area contributed by atoms with Crippen molar-refractivity contribution < 1.29 is 0 Å². The van der Waals surface area contributed by atoms with Gasteiger partial charge in [-0.25, -0.2) is 0 Å². The maximum atomic E-state index is 5.93. The van der Waals surface area contributed by atoms with Crippen molar-refractivity contribution in [2.75, 3.05) is 6.54 Å². The van der Waals surface area contributed by atoms with Crippen LogP contribution in [0.3, 0.4) is 0 Å². The monoisotopic (exact) mass is 257 g/mol. The van der Waals surface area contributed by atoms with E-state index in [0.717, 1.165) is 12.5 Å². The summed E-state index contributed by atoms with van der Waals surface area (Å²) in [6.45, 7) is 0.910. The Kier molecular flexibility index (Phi) is 3.72. The van der Waals surface area contributed by atoms with Crippen molar-refractivity contribution >= 4 is 5.96 Å². The molecular weight excluding hydrogens is 234 g/mol. The minimum atomic E-state index is 0.510. The number of nitrogens with one attached hydrogen (secondary N) is 1. The molecule has 0 aliphatic heterocycles. The van der Waals surface area contributed by atoms with Gasteiger partial charge in [0.2, 0.25) is 0 Å². The topological polar surface area (TPSA) is 50.4 Å². The third kappa shape index (κ3) is 3.09. The Morgan fingerprint density at radius 1 is 1.21 bits per heavy atom. The molecule has 2 aliphatic rings. The average Bonchev–Trinajstić information content (AvgIpc) is 2.32. The Morgan fingerprint density at radius 3 is 2.58 bits per heavy atom. The molecular formula is C16H23N3. The molecule has 2 fully saturated rings. The Morgan fingerprint density at radius 2 is 1.95 bits per heavy atom. The van der Waals surface area contributed by atoms with Gasteiger partial charge in [0.25, 0.3) is 0 Å². The van der Waals surface area contributed by atoms with E-state index in [0.29, 0.717) is 17.9 Å². The third-order valence-electron chi connectivity index (χ3n) is 4.51. The summed E-state index contributed by atoms with van der Waals surface area (Å²) in [5.41, 5.74) is 7.38. The predicted molar refractivity (Wildman–Crippen MR) is 79.2 cm³/mol. The fraction of sp³-hybridized carbons (Fsp3) is 0.562. The molecule has 0 bridgehead atoms. The van der Waals surface area contributed by atoms with Gasteiger partial charge >= 0.3 is 0 Å². The van der Waals surface area contributed by atoms with Crippen molar-refractivity contribution in [2.24, 2.45) is 16.6 Å². The van der Waals surface area contributed by atoms with Crippen molar-refractivity contribution in [3.05, 3.63) is 35.9 Å². The molecule has 0 atom stereocenters. The van der Waals surface area contributed by atoms with Crippen LogP contribution in [0.2, 0.25) is 0 Å². The second-order valence-electron chi connectivity index (χ2n) is 5.94. The lowest BCUT2D eigenvalue weighted by molar-refractivity contribution is 0.317. The van der Waals surface area contributed by atoms with Gasteiger partial charge in [-0.2, -0.15) is 0 Å². The van der Waals surface area contributed by atoms with Crippen LogP contribution in [0.15, 0.2) is 35.3 Å². The first-order valence-electron chi connectivity index (χ1n) is 7.42. The Hall–Kier alpha value is -1.51. The van der Waals surface area contributed by atoms with Gasteiger partial charge in [0.1, 0.15) is 0 Å². The summed E-state index contributed by atoms with van der Waals surface area (Å²) >= 11 is 0. The molecule has 3 rings (SSSR count). The van der Waals surface area contributed by atoms with Gasteiger partial charge in [-0.3, -0.25) is 4.99 Å². The molecule has 0 saturated heterocycles. The molecule has 102 valence electrons. The van der Waals surface area contributed by atoms with Crippen LogP contribution < -0.4 is 11.1 Å². The molecule has 2 aliphatic carbocycles. The van der Waals surface area contributed by atoms with E-state index in [1.165, 1.54) is 37.7 Å². The molecule has 0 spiro atoms. The first-order valence-corrected chi connectivity index (χ1v) is 7.42. The van der Waals surface area contributed by atoms with Crippen molar-refractivity contribution in [1.82, 2.24) is 5.32 Å². The fourth-order valence-corrected chi connectivity index (χ4v) is 2.89. The summed E-state index contributed by atoms with van der Waals surface area (Å²) in [6, 6.07) is 11.2. The van der Waals surface area contributed by atoms with Crippen molar-refractivity contribution in [3.63, 3.8) is 0 Å². The van der Waals surface area contributed by atoms with E-state index >= 15 is 0 Å². The summed E-state index contributed by atoms with van der Waals surface area (Å²) in [7, 11) is 0. The summed E-state index contributed by atoms with van der Waals surface area (Å²) in [5, 5.41) is 3.35. The highest BCUT2D eigenvalue weighted by atomic mass is 15.1. The maximum absolute atomic E-state index is 5.93. The summed E-state index contributed by atoms with van der Waals surface area (Å²) in [5.74, 6) is 2.13. The molecule has 2 saturated carbocycles. The molecule has 0 radical (unpaired) electrons. The largest absolute Gasteiger partial charge is 0.370 e. The highest BCUT2D eigenvalue weighted by Gasteiger charge is 2.30. The quantitative estimate of drug-likeness (QED) is 0.643. The van der Waals surface area contributed by atoms with E-state index in [1.54, 1.807) is 0 Å². The van der Waals surface area contributed by atoms with Gasteiger partial charge in [0.15, 0.2) is 5.96 Å². The van der Waals surface area contributed by atoms with Crippen molar-refractivity contribution in [2.45, 2.75) is 44.1 Å². The summed E-state index contributed by atoms with van der Waals surface area (Å²) in [4.78, 5) is 4.45. The molecule has 0 amide bonds. The molecule has 1 aromatic rings. The SMILES string of the molecule is NC(=NCC1CCC1)NC1CC(c2ccccc2)C1. The van der Waals surface area contributed by atoms with Crippen LogP contribution in [-0.2, 0) is 0 Å². The van der Waals surface area contributed by atoms with Crippen LogP contribution in [0.4, 0.5) is 0 Å². The highest BCUT2D eigenvalue weighted by Crippen LogP contribution is 2.36. The number of hydrogen-bond donors (Lipinski definition) is 2. The number of nitrogens with two attached hydrogens (primary N) is 1. The van der Waals surface area contributed by atoms with Gasteiger partial charge in [0, 0.05) is 12.6 Å². The Bertz CT molecular complexity index is 431. The lowest BCUT2D eigenvalue weighted by Crippen LogP contribution is -2.46. The normalized spacial score (nSPS) is 27.5. The molecule has 1 aromatic carbocycles. The Balaban J connectivity index is 1.41. The van der Waals surface area contributed by atoms with Crippen LogP contribution >= 0.6 is 0 Å². The number of nitrogens with zero attached hydrogens (tertiary/aromatic N) is 1. The number of benzene rings is 1. The molecule has 0 aromatic heterocycles. The zero-order valence-electron chi connectivity index (χ0n) is 11.4. The first kappa shape index (κ1) is 12.5. The molecule has 3 heteroatoms. The van der Waals surface area contributed by atoms with E-state index in [9.17, 15) is 0 Å². The van der Waals surface area contributed by atoms with Gasteiger partial charge in [0.05, 0.1) is 0 Å². The number of guanidine groups is 1. The minimum absolute atomic E-state index is 0.510. The van der Waals surface area contributed by atoms with Crippen LogP contribution in [0.5, 0.6) is 0 Å². The van der Waals surface area contributed by atoms with E-state index in [2.05, 4.69) is 40.6 Å². The Labute approximate surface area is 115 Å². The van der Waals surface area contributed by atoms with E-state index < -0.39 is 0 Å². The zero-order valence-corrected chi connectivity index (χ0v) is 11.4. The van der Waals surface area contributed by atoms with E-state index in [-0.39, 0.29) is 0 Å². The van der Waals surface area contributed by atoms with Crippen LogP contribution in [0.1, 0.15) is 43.6 Å². The van der Waals surface area contributed by atoms with Gasteiger partial charge in [-0.15, -0.1) is 0 Å². The van der Waals surface area contributed by atoms with Gasteiger partial charge in [-0.05, 0) is 43.1 Å². The summed E-state index contributed by atoms with van der Waals surface area (Å²) < 4.78 is 0. The second kappa shape index (κ2) is 5.64. The van der Waals surface area contributed by atoms with E-state index in [1.807, 2.05) is 0 Å². The predicted octanol–water partition coefficient (Wildman–Crippen LogP) is 2.64. The highest BCUT2D eigenvalue weighted by molar-refractivity contribution is 5.78. The van der Waals surface area contributed by atoms with Gasteiger partial charge < -0.3 is 11.1 Å². The van der Waals surface area contributed by atoms with Crippen molar-refractivity contribution in [1.29, 1.82) is 0 Å². The first-order chi connectivity index (χ1) is 9.31. The van der Waals surface area contributed by atoms with Crippen LogP contribution in [-0.4, -0.2) is 18.5 Å². The maximum Gasteiger partial charge on any atom is 0.188 e. The van der Waals surface area contributed by atoms with Gasteiger partial charge in [-0.1, -0.05) is 36.8 Å². The smallest absolute Gasteiger partial charge is 0.188 e. The zero-order chi connectivity index (χ0) is 13.1. The lowest BCUT2D eigenvalue weighted by atomic mass is 9.76. The molecule has 0 unspecified atom stereocenters. The number of hydrogen-bond acceptors (Lipinski definition) is 1.